The van der Waals surface area contributed by atoms with Gasteiger partial charge >= 0.3 is 0 Å². The first-order valence-corrected chi connectivity index (χ1v) is 6.42. The SMILES string of the molecule is Nc1c(F)cccc1SCC1CCCC1. The molecular formula is C12H16FNS. The zero-order chi connectivity index (χ0) is 10.7. The minimum absolute atomic E-state index is 0.300. The molecule has 0 unspecified atom stereocenters. The summed E-state index contributed by atoms with van der Waals surface area (Å²) in [6.45, 7) is 0. The van der Waals surface area contributed by atoms with Crippen LogP contribution in [0.2, 0.25) is 0 Å². The van der Waals surface area contributed by atoms with E-state index in [1.54, 1.807) is 17.8 Å². The van der Waals surface area contributed by atoms with Gasteiger partial charge in [0.1, 0.15) is 5.82 Å². The van der Waals surface area contributed by atoms with Crippen molar-refractivity contribution in [3.8, 4) is 0 Å². The lowest BCUT2D eigenvalue weighted by Crippen LogP contribution is -1.98. The molecule has 1 fully saturated rings. The molecule has 82 valence electrons. The summed E-state index contributed by atoms with van der Waals surface area (Å²) in [5.41, 5.74) is 5.98. The Morgan fingerprint density at radius 1 is 1.33 bits per heavy atom. The molecule has 0 aromatic heterocycles. The lowest BCUT2D eigenvalue weighted by molar-refractivity contribution is 0.621. The molecule has 0 radical (unpaired) electrons. The van der Waals surface area contributed by atoms with Crippen molar-refractivity contribution >= 4 is 17.4 Å². The number of para-hydroxylation sites is 1. The average molecular weight is 225 g/mol. The summed E-state index contributed by atoms with van der Waals surface area (Å²) in [5, 5.41) is 0. The van der Waals surface area contributed by atoms with Gasteiger partial charge in [0.2, 0.25) is 0 Å². The molecular weight excluding hydrogens is 209 g/mol. The normalized spacial score (nSPS) is 17.1. The van der Waals surface area contributed by atoms with Crippen molar-refractivity contribution in [1.82, 2.24) is 0 Å². The first-order chi connectivity index (χ1) is 7.27. The van der Waals surface area contributed by atoms with Crippen LogP contribution in [0.3, 0.4) is 0 Å². The van der Waals surface area contributed by atoms with E-state index in [1.807, 2.05) is 6.07 Å². The van der Waals surface area contributed by atoms with Crippen molar-refractivity contribution in [2.24, 2.45) is 5.92 Å². The van der Waals surface area contributed by atoms with Crippen LogP contribution < -0.4 is 5.73 Å². The number of thioether (sulfide) groups is 1. The van der Waals surface area contributed by atoms with Crippen LogP contribution in [-0.4, -0.2) is 5.75 Å². The lowest BCUT2D eigenvalue weighted by Gasteiger charge is -2.10. The van der Waals surface area contributed by atoms with E-state index >= 15 is 0 Å². The van der Waals surface area contributed by atoms with Gasteiger partial charge in [0.15, 0.2) is 0 Å². The van der Waals surface area contributed by atoms with E-state index in [1.165, 1.54) is 31.7 Å². The van der Waals surface area contributed by atoms with E-state index in [0.717, 1.165) is 16.6 Å². The van der Waals surface area contributed by atoms with Gasteiger partial charge in [-0.3, -0.25) is 0 Å². The molecule has 0 atom stereocenters. The van der Waals surface area contributed by atoms with Gasteiger partial charge < -0.3 is 5.73 Å². The summed E-state index contributed by atoms with van der Waals surface area (Å²) >= 11 is 1.69. The van der Waals surface area contributed by atoms with E-state index < -0.39 is 0 Å². The number of benzene rings is 1. The molecule has 1 aliphatic rings. The summed E-state index contributed by atoms with van der Waals surface area (Å²) in [6.07, 6.45) is 5.35. The fourth-order valence-corrected chi connectivity index (χ4v) is 3.20. The molecule has 0 bridgehead atoms. The van der Waals surface area contributed by atoms with Gasteiger partial charge in [-0.05, 0) is 30.9 Å². The van der Waals surface area contributed by atoms with Crippen molar-refractivity contribution in [2.45, 2.75) is 30.6 Å². The number of hydrogen-bond donors (Lipinski definition) is 1. The Morgan fingerprint density at radius 3 is 2.80 bits per heavy atom. The topological polar surface area (TPSA) is 26.0 Å². The minimum atomic E-state index is -0.300. The molecule has 0 saturated heterocycles. The van der Waals surface area contributed by atoms with Crippen molar-refractivity contribution in [2.75, 3.05) is 11.5 Å². The fraction of sp³-hybridized carbons (Fsp3) is 0.500. The zero-order valence-corrected chi connectivity index (χ0v) is 9.52. The van der Waals surface area contributed by atoms with Crippen LogP contribution in [0.25, 0.3) is 0 Å². The maximum Gasteiger partial charge on any atom is 0.147 e. The smallest absolute Gasteiger partial charge is 0.147 e. The fourth-order valence-electron chi connectivity index (χ4n) is 2.03. The molecule has 0 spiro atoms. The highest BCUT2D eigenvalue weighted by Crippen LogP contribution is 2.33. The van der Waals surface area contributed by atoms with Gasteiger partial charge in [-0.25, -0.2) is 4.39 Å². The molecule has 1 saturated carbocycles. The summed E-state index contributed by atoms with van der Waals surface area (Å²) in [5.74, 6) is 1.58. The van der Waals surface area contributed by atoms with Crippen LogP contribution in [0.1, 0.15) is 25.7 Å². The maximum atomic E-state index is 13.1. The van der Waals surface area contributed by atoms with E-state index in [4.69, 9.17) is 5.73 Å². The van der Waals surface area contributed by atoms with Crippen molar-refractivity contribution < 1.29 is 4.39 Å². The molecule has 1 aliphatic carbocycles. The van der Waals surface area contributed by atoms with Crippen LogP contribution >= 0.6 is 11.8 Å². The number of hydrogen-bond acceptors (Lipinski definition) is 2. The predicted octanol–water partition coefficient (Wildman–Crippen LogP) is 3.69. The number of rotatable bonds is 3. The van der Waals surface area contributed by atoms with Crippen LogP contribution in [0.5, 0.6) is 0 Å². The van der Waals surface area contributed by atoms with E-state index in [2.05, 4.69) is 0 Å². The highest BCUT2D eigenvalue weighted by atomic mass is 32.2. The average Bonchev–Trinajstić information content (AvgIpc) is 2.73. The monoisotopic (exact) mass is 225 g/mol. The Kier molecular flexibility index (Phi) is 3.52. The van der Waals surface area contributed by atoms with Crippen LogP contribution in [0.4, 0.5) is 10.1 Å². The van der Waals surface area contributed by atoms with Gasteiger partial charge in [-0.1, -0.05) is 18.9 Å². The Morgan fingerprint density at radius 2 is 2.07 bits per heavy atom. The minimum Gasteiger partial charge on any atom is -0.395 e. The molecule has 1 nitrogen and oxygen atoms in total. The molecule has 0 aliphatic heterocycles. The maximum absolute atomic E-state index is 13.1. The third-order valence-electron chi connectivity index (χ3n) is 2.96. The highest BCUT2D eigenvalue weighted by molar-refractivity contribution is 7.99. The molecule has 0 amide bonds. The molecule has 15 heavy (non-hydrogen) atoms. The van der Waals surface area contributed by atoms with E-state index in [9.17, 15) is 4.39 Å². The van der Waals surface area contributed by atoms with Gasteiger partial charge in [0.25, 0.3) is 0 Å². The molecule has 0 heterocycles. The number of anilines is 1. The number of nitrogen functional groups attached to an aromatic ring is 1. The second kappa shape index (κ2) is 4.88. The molecule has 1 aromatic rings. The largest absolute Gasteiger partial charge is 0.395 e. The first kappa shape index (κ1) is 10.8. The predicted molar refractivity (Wildman–Crippen MR) is 63.5 cm³/mol. The first-order valence-electron chi connectivity index (χ1n) is 5.44. The van der Waals surface area contributed by atoms with Gasteiger partial charge in [0.05, 0.1) is 5.69 Å². The van der Waals surface area contributed by atoms with Gasteiger partial charge in [-0.15, -0.1) is 11.8 Å². The second-order valence-electron chi connectivity index (χ2n) is 4.11. The molecule has 2 N–H and O–H groups in total. The van der Waals surface area contributed by atoms with E-state index in [-0.39, 0.29) is 5.82 Å². The summed E-state index contributed by atoms with van der Waals surface area (Å²) in [7, 11) is 0. The molecule has 3 heteroatoms. The Labute approximate surface area is 94.2 Å². The summed E-state index contributed by atoms with van der Waals surface area (Å²) in [4.78, 5) is 0.891. The quantitative estimate of drug-likeness (QED) is 0.627. The summed E-state index contributed by atoms with van der Waals surface area (Å²) in [6, 6.07) is 5.04. The highest BCUT2D eigenvalue weighted by Gasteiger charge is 2.15. The summed E-state index contributed by atoms with van der Waals surface area (Å²) < 4.78 is 13.1. The van der Waals surface area contributed by atoms with E-state index in [0.29, 0.717) is 5.69 Å². The van der Waals surface area contributed by atoms with Crippen LogP contribution in [-0.2, 0) is 0 Å². The third-order valence-corrected chi connectivity index (χ3v) is 4.27. The van der Waals surface area contributed by atoms with Crippen LogP contribution in [0, 0.1) is 11.7 Å². The number of halogens is 1. The van der Waals surface area contributed by atoms with Crippen LogP contribution in [0.15, 0.2) is 23.1 Å². The van der Waals surface area contributed by atoms with Crippen molar-refractivity contribution in [1.29, 1.82) is 0 Å². The Bertz CT molecular complexity index is 334. The third kappa shape index (κ3) is 2.65. The Hall–Kier alpha value is -0.700. The second-order valence-corrected chi connectivity index (χ2v) is 5.17. The van der Waals surface area contributed by atoms with Crippen molar-refractivity contribution in [3.63, 3.8) is 0 Å². The molecule has 1 aromatic carbocycles. The number of nitrogens with two attached hydrogens (primary N) is 1. The standard InChI is InChI=1S/C12H16FNS/c13-10-6-3-7-11(12(10)14)15-8-9-4-1-2-5-9/h3,6-7,9H,1-2,4-5,8,14H2. The van der Waals surface area contributed by atoms with Crippen molar-refractivity contribution in [3.05, 3.63) is 24.0 Å². The zero-order valence-electron chi connectivity index (χ0n) is 8.71. The van der Waals surface area contributed by atoms with Gasteiger partial charge in [-0.2, -0.15) is 0 Å². The molecule has 2 rings (SSSR count). The lowest BCUT2D eigenvalue weighted by atomic mass is 10.1. The Balaban J connectivity index is 1.95. The van der Waals surface area contributed by atoms with Gasteiger partial charge in [0, 0.05) is 10.6 Å².